The predicted octanol–water partition coefficient (Wildman–Crippen LogP) is 3.64. The zero-order valence-corrected chi connectivity index (χ0v) is 10.0. The van der Waals surface area contributed by atoms with Crippen LogP contribution in [0.15, 0.2) is 42.7 Å². The molecule has 0 radical (unpaired) electrons. The largest absolute Gasteiger partial charge is 0.417 e. The number of rotatable bonds is 2. The zero-order valence-electron chi connectivity index (χ0n) is 10.0. The number of carbonyl (C=O) groups is 1. The molecule has 98 valence electrons. The lowest BCUT2D eigenvalue weighted by Gasteiger charge is -2.11. The van der Waals surface area contributed by atoms with E-state index in [0.717, 1.165) is 11.6 Å². The second-order valence-electron chi connectivity index (χ2n) is 4.12. The van der Waals surface area contributed by atoms with E-state index in [2.05, 4.69) is 4.98 Å². The predicted molar refractivity (Wildman–Crippen MR) is 63.9 cm³/mol. The lowest BCUT2D eigenvalue weighted by Crippen LogP contribution is -2.13. The van der Waals surface area contributed by atoms with Gasteiger partial charge in [-0.1, -0.05) is 18.2 Å². The van der Waals surface area contributed by atoms with E-state index in [-0.39, 0.29) is 11.1 Å². The molecule has 0 fully saturated rings. The van der Waals surface area contributed by atoms with Crippen molar-refractivity contribution < 1.29 is 18.0 Å². The van der Waals surface area contributed by atoms with Crippen LogP contribution in [0.2, 0.25) is 0 Å². The molecule has 5 heteroatoms. The Kier molecular flexibility index (Phi) is 3.38. The first-order valence-corrected chi connectivity index (χ1v) is 5.52. The van der Waals surface area contributed by atoms with E-state index < -0.39 is 17.5 Å². The molecule has 0 spiro atoms. The minimum atomic E-state index is -4.55. The molecule has 0 atom stereocenters. The second-order valence-corrected chi connectivity index (χ2v) is 4.12. The van der Waals surface area contributed by atoms with Crippen LogP contribution in [0.25, 0.3) is 0 Å². The van der Waals surface area contributed by atoms with Gasteiger partial charge in [-0.25, -0.2) is 0 Å². The van der Waals surface area contributed by atoms with E-state index in [1.807, 2.05) is 0 Å². The third-order valence-corrected chi connectivity index (χ3v) is 2.61. The van der Waals surface area contributed by atoms with Gasteiger partial charge in [0.1, 0.15) is 0 Å². The van der Waals surface area contributed by atoms with Crippen molar-refractivity contribution in [3.63, 3.8) is 0 Å². The van der Waals surface area contributed by atoms with Crippen LogP contribution in [0.3, 0.4) is 0 Å². The van der Waals surface area contributed by atoms with Crippen LogP contribution in [0, 0.1) is 6.92 Å². The number of aryl methyl sites for hydroxylation is 1. The fourth-order valence-corrected chi connectivity index (χ4v) is 1.76. The standard InChI is InChI=1S/C14H10F3NO/c1-9-6-10(8-18-7-9)13(19)11-4-2-3-5-12(11)14(15,16)17/h2-8H,1H3. The van der Waals surface area contributed by atoms with Crippen molar-refractivity contribution >= 4 is 5.78 Å². The van der Waals surface area contributed by atoms with Crippen molar-refractivity contribution in [2.75, 3.05) is 0 Å². The Hall–Kier alpha value is -2.17. The lowest BCUT2D eigenvalue weighted by atomic mass is 9.98. The first-order chi connectivity index (χ1) is 8.89. The van der Waals surface area contributed by atoms with Crippen molar-refractivity contribution in [1.82, 2.24) is 4.98 Å². The second kappa shape index (κ2) is 4.84. The van der Waals surface area contributed by atoms with Gasteiger partial charge < -0.3 is 0 Å². The molecule has 0 saturated carbocycles. The summed E-state index contributed by atoms with van der Waals surface area (Å²) in [5, 5.41) is 0. The molecule has 0 aliphatic heterocycles. The molecule has 19 heavy (non-hydrogen) atoms. The molecule has 0 amide bonds. The van der Waals surface area contributed by atoms with E-state index in [9.17, 15) is 18.0 Å². The van der Waals surface area contributed by atoms with Crippen molar-refractivity contribution in [2.24, 2.45) is 0 Å². The minimum absolute atomic E-state index is 0.150. The topological polar surface area (TPSA) is 30.0 Å². The summed E-state index contributed by atoms with van der Waals surface area (Å²) in [6.07, 6.45) is -1.75. The Bertz CT molecular complexity index is 620. The maximum Gasteiger partial charge on any atom is 0.417 e. The smallest absolute Gasteiger partial charge is 0.289 e. The Morgan fingerprint density at radius 2 is 1.84 bits per heavy atom. The van der Waals surface area contributed by atoms with Gasteiger partial charge in [-0.15, -0.1) is 0 Å². The van der Waals surface area contributed by atoms with Crippen LogP contribution >= 0.6 is 0 Å². The molecule has 0 bridgehead atoms. The molecule has 1 heterocycles. The number of benzene rings is 1. The summed E-state index contributed by atoms with van der Waals surface area (Å²) in [5.41, 5.74) is -0.420. The molecular formula is C14H10F3NO. The molecule has 0 aliphatic carbocycles. The maximum absolute atomic E-state index is 12.8. The van der Waals surface area contributed by atoms with Gasteiger partial charge in [0.25, 0.3) is 0 Å². The molecule has 2 rings (SSSR count). The van der Waals surface area contributed by atoms with Crippen molar-refractivity contribution in [2.45, 2.75) is 13.1 Å². The van der Waals surface area contributed by atoms with E-state index in [4.69, 9.17) is 0 Å². The van der Waals surface area contributed by atoms with Crippen molar-refractivity contribution in [3.05, 3.63) is 65.0 Å². The number of carbonyl (C=O) groups excluding carboxylic acids is 1. The van der Waals surface area contributed by atoms with Gasteiger partial charge in [0.05, 0.1) is 5.56 Å². The Morgan fingerprint density at radius 3 is 2.47 bits per heavy atom. The number of pyridine rings is 1. The highest BCUT2D eigenvalue weighted by Crippen LogP contribution is 2.32. The van der Waals surface area contributed by atoms with Crippen molar-refractivity contribution in [3.8, 4) is 0 Å². The summed E-state index contributed by atoms with van der Waals surface area (Å²) in [6, 6.07) is 6.26. The van der Waals surface area contributed by atoms with Crippen molar-refractivity contribution in [1.29, 1.82) is 0 Å². The highest BCUT2D eigenvalue weighted by atomic mass is 19.4. The van der Waals surface area contributed by atoms with Crippen LogP contribution in [-0.4, -0.2) is 10.8 Å². The first kappa shape index (κ1) is 13.3. The van der Waals surface area contributed by atoms with E-state index in [1.165, 1.54) is 36.7 Å². The van der Waals surface area contributed by atoms with Crippen LogP contribution in [0.5, 0.6) is 0 Å². The molecule has 0 unspecified atom stereocenters. The summed E-state index contributed by atoms with van der Waals surface area (Å²) in [7, 11) is 0. The SMILES string of the molecule is Cc1cncc(C(=O)c2ccccc2C(F)(F)F)c1. The highest BCUT2D eigenvalue weighted by molar-refractivity contribution is 6.09. The minimum Gasteiger partial charge on any atom is -0.289 e. The lowest BCUT2D eigenvalue weighted by molar-refractivity contribution is -0.137. The van der Waals surface area contributed by atoms with E-state index in [0.29, 0.717) is 0 Å². The van der Waals surface area contributed by atoms with E-state index in [1.54, 1.807) is 6.92 Å². The number of hydrogen-bond acceptors (Lipinski definition) is 2. The normalized spacial score (nSPS) is 11.4. The van der Waals surface area contributed by atoms with Crippen LogP contribution in [-0.2, 0) is 6.18 Å². The number of aromatic nitrogens is 1. The van der Waals surface area contributed by atoms with Crippen LogP contribution in [0.4, 0.5) is 13.2 Å². The number of alkyl halides is 3. The van der Waals surface area contributed by atoms with Gasteiger partial charge in [-0.3, -0.25) is 9.78 Å². The van der Waals surface area contributed by atoms with Crippen LogP contribution in [0.1, 0.15) is 27.0 Å². The molecule has 2 aromatic rings. The maximum atomic E-state index is 12.8. The highest BCUT2D eigenvalue weighted by Gasteiger charge is 2.34. The fraction of sp³-hybridized carbons (Fsp3) is 0.143. The summed E-state index contributed by atoms with van der Waals surface area (Å²) in [4.78, 5) is 15.9. The summed E-state index contributed by atoms with van der Waals surface area (Å²) < 4.78 is 38.5. The molecule has 1 aromatic heterocycles. The monoisotopic (exact) mass is 265 g/mol. The number of ketones is 1. The Labute approximate surface area is 107 Å². The molecule has 0 saturated heterocycles. The molecule has 0 aliphatic rings. The third-order valence-electron chi connectivity index (χ3n) is 2.61. The number of halogens is 3. The van der Waals surface area contributed by atoms with Gasteiger partial charge in [0.15, 0.2) is 5.78 Å². The quantitative estimate of drug-likeness (QED) is 0.776. The zero-order chi connectivity index (χ0) is 14.0. The van der Waals surface area contributed by atoms with Gasteiger partial charge in [0.2, 0.25) is 0 Å². The van der Waals surface area contributed by atoms with E-state index >= 15 is 0 Å². The molecular weight excluding hydrogens is 255 g/mol. The summed E-state index contributed by atoms with van der Waals surface area (Å²) >= 11 is 0. The third kappa shape index (κ3) is 2.81. The number of hydrogen-bond donors (Lipinski definition) is 0. The van der Waals surface area contributed by atoms with Gasteiger partial charge in [-0.05, 0) is 24.6 Å². The summed E-state index contributed by atoms with van der Waals surface area (Å²) in [5.74, 6) is -0.677. The van der Waals surface area contributed by atoms with Gasteiger partial charge in [-0.2, -0.15) is 13.2 Å². The number of nitrogens with zero attached hydrogens (tertiary/aromatic N) is 1. The molecule has 0 N–H and O–H groups in total. The molecule has 1 aromatic carbocycles. The van der Waals surface area contributed by atoms with Crippen LogP contribution < -0.4 is 0 Å². The summed E-state index contributed by atoms with van der Waals surface area (Å²) in [6.45, 7) is 1.72. The molecule has 2 nitrogen and oxygen atoms in total. The average Bonchev–Trinajstić information content (AvgIpc) is 2.37. The van der Waals surface area contributed by atoms with Gasteiger partial charge in [0, 0.05) is 23.5 Å². The van der Waals surface area contributed by atoms with Gasteiger partial charge >= 0.3 is 6.18 Å². The first-order valence-electron chi connectivity index (χ1n) is 5.52. The average molecular weight is 265 g/mol. The Morgan fingerprint density at radius 1 is 1.16 bits per heavy atom. The fourth-order valence-electron chi connectivity index (χ4n) is 1.76. The Balaban J connectivity index is 2.51.